The number of hydrogen-bond donors (Lipinski definition) is 0. The van der Waals surface area contributed by atoms with Crippen molar-refractivity contribution < 1.29 is 18.0 Å². The van der Waals surface area contributed by atoms with Gasteiger partial charge >= 0.3 is 6.18 Å². The summed E-state index contributed by atoms with van der Waals surface area (Å²) in [4.78, 5) is 19.3. The largest absolute Gasteiger partial charge is 0.416 e. The van der Waals surface area contributed by atoms with Crippen LogP contribution in [0.1, 0.15) is 56.1 Å². The summed E-state index contributed by atoms with van der Waals surface area (Å²) < 4.78 is 40.9. The van der Waals surface area contributed by atoms with Gasteiger partial charge in [-0.2, -0.15) is 13.2 Å². The van der Waals surface area contributed by atoms with Gasteiger partial charge < -0.3 is 9.47 Å². The second-order valence-corrected chi connectivity index (χ2v) is 8.69. The zero-order chi connectivity index (χ0) is 21.0. The van der Waals surface area contributed by atoms with E-state index in [4.69, 9.17) is 0 Å². The zero-order valence-corrected chi connectivity index (χ0v) is 16.8. The number of fused-ring (bicyclic) bond motifs is 3. The van der Waals surface area contributed by atoms with Crippen molar-refractivity contribution in [1.29, 1.82) is 0 Å². The van der Waals surface area contributed by atoms with Crippen LogP contribution >= 0.6 is 0 Å². The molecular weight excluding hydrogens is 379 g/mol. The van der Waals surface area contributed by atoms with Gasteiger partial charge in [0.2, 0.25) is 5.91 Å². The summed E-state index contributed by atoms with van der Waals surface area (Å²) in [6.45, 7) is 6.82. The second kappa shape index (κ2) is 6.75. The molecule has 4 rings (SSSR count). The minimum Gasteiger partial charge on any atom is -0.334 e. The van der Waals surface area contributed by atoms with E-state index in [0.29, 0.717) is 24.8 Å². The number of amides is 1. The molecule has 2 aromatic rings. The molecule has 154 valence electrons. The minimum atomic E-state index is -4.35. The molecule has 1 aromatic heterocycles. The molecule has 2 aliphatic rings. The second-order valence-electron chi connectivity index (χ2n) is 8.69. The fraction of sp³-hybridized carbons (Fsp3) is 0.455. The number of alkyl halides is 3. The van der Waals surface area contributed by atoms with Crippen LogP contribution in [0.5, 0.6) is 0 Å². The molecule has 4 nitrogen and oxygen atoms in total. The van der Waals surface area contributed by atoms with Crippen LogP contribution in [0.2, 0.25) is 0 Å². The van der Waals surface area contributed by atoms with Crippen LogP contribution in [0.3, 0.4) is 0 Å². The SMILES string of the molecule is CC(C)(C)N1CCC/C(=C\c2ncn3c2CCc2cc(C(F)(F)F)ccc2-3)C1=O. The zero-order valence-electron chi connectivity index (χ0n) is 16.8. The van der Waals surface area contributed by atoms with E-state index in [1.165, 1.54) is 12.1 Å². The Balaban J connectivity index is 1.68. The van der Waals surface area contributed by atoms with Crippen LogP contribution in [-0.2, 0) is 23.8 Å². The lowest BCUT2D eigenvalue weighted by Crippen LogP contribution is -2.48. The van der Waals surface area contributed by atoms with Gasteiger partial charge in [-0.3, -0.25) is 4.79 Å². The molecule has 0 spiro atoms. The van der Waals surface area contributed by atoms with Gasteiger partial charge in [0.25, 0.3) is 0 Å². The summed E-state index contributed by atoms with van der Waals surface area (Å²) in [7, 11) is 0. The van der Waals surface area contributed by atoms with E-state index in [-0.39, 0.29) is 11.4 Å². The summed E-state index contributed by atoms with van der Waals surface area (Å²) in [6.07, 6.45) is 1.88. The van der Waals surface area contributed by atoms with Crippen LogP contribution in [0.15, 0.2) is 30.1 Å². The Bertz CT molecular complexity index is 996. The first-order valence-electron chi connectivity index (χ1n) is 9.85. The molecule has 1 amide bonds. The van der Waals surface area contributed by atoms with Crippen LogP contribution < -0.4 is 0 Å². The Labute approximate surface area is 168 Å². The predicted octanol–water partition coefficient (Wildman–Crippen LogP) is 4.79. The maximum atomic E-state index is 13.0. The van der Waals surface area contributed by atoms with Crippen molar-refractivity contribution in [2.75, 3.05) is 6.54 Å². The Morgan fingerprint density at radius 3 is 2.55 bits per heavy atom. The van der Waals surface area contributed by atoms with E-state index in [9.17, 15) is 18.0 Å². The van der Waals surface area contributed by atoms with Crippen molar-refractivity contribution in [3.63, 3.8) is 0 Å². The number of aryl methyl sites for hydroxylation is 1. The number of likely N-dealkylation sites (tertiary alicyclic amines) is 1. The number of carbonyl (C=O) groups is 1. The molecule has 0 atom stereocenters. The standard InChI is InChI=1S/C22H24F3N3O/c1-21(2,3)28-10-4-5-15(20(28)29)12-17-19-8-6-14-11-16(22(23,24)25)7-9-18(14)27(19)13-26-17/h7,9,11-13H,4-6,8,10H2,1-3H3/b15-12+. The number of imidazole rings is 1. The third-order valence-electron chi connectivity index (χ3n) is 5.66. The lowest BCUT2D eigenvalue weighted by molar-refractivity contribution is -0.137. The van der Waals surface area contributed by atoms with Crippen molar-refractivity contribution in [2.24, 2.45) is 0 Å². The van der Waals surface area contributed by atoms with E-state index >= 15 is 0 Å². The number of aromatic nitrogens is 2. The molecule has 0 bridgehead atoms. The summed E-state index contributed by atoms with van der Waals surface area (Å²) >= 11 is 0. The lowest BCUT2D eigenvalue weighted by Gasteiger charge is -2.39. The van der Waals surface area contributed by atoms with Crippen LogP contribution in [-0.4, -0.2) is 32.4 Å². The van der Waals surface area contributed by atoms with Crippen molar-refractivity contribution in [1.82, 2.24) is 14.5 Å². The predicted molar refractivity (Wildman–Crippen MR) is 105 cm³/mol. The monoisotopic (exact) mass is 403 g/mol. The average molecular weight is 403 g/mol. The van der Waals surface area contributed by atoms with Crippen LogP contribution in [0.4, 0.5) is 13.2 Å². The molecule has 1 fully saturated rings. The molecule has 2 aliphatic heterocycles. The van der Waals surface area contributed by atoms with Crippen molar-refractivity contribution in [3.8, 4) is 5.69 Å². The van der Waals surface area contributed by atoms with Gasteiger partial charge in [-0.05, 0) is 76.3 Å². The van der Waals surface area contributed by atoms with E-state index in [1.54, 1.807) is 6.33 Å². The van der Waals surface area contributed by atoms with E-state index < -0.39 is 11.7 Å². The number of rotatable bonds is 1. The van der Waals surface area contributed by atoms with Crippen LogP contribution in [0.25, 0.3) is 11.8 Å². The Hall–Kier alpha value is -2.57. The van der Waals surface area contributed by atoms with Gasteiger partial charge in [-0.1, -0.05) is 0 Å². The van der Waals surface area contributed by atoms with Gasteiger partial charge in [-0.25, -0.2) is 4.98 Å². The smallest absolute Gasteiger partial charge is 0.334 e. The number of piperidine rings is 1. The molecule has 0 radical (unpaired) electrons. The number of benzene rings is 1. The van der Waals surface area contributed by atoms with Crippen molar-refractivity contribution in [2.45, 2.75) is 58.2 Å². The van der Waals surface area contributed by atoms with E-state index in [0.717, 1.165) is 41.7 Å². The number of carbonyl (C=O) groups excluding carboxylic acids is 1. The van der Waals surface area contributed by atoms with Gasteiger partial charge in [0.15, 0.2) is 0 Å². The maximum Gasteiger partial charge on any atom is 0.416 e. The molecule has 29 heavy (non-hydrogen) atoms. The van der Waals surface area contributed by atoms with Gasteiger partial charge in [0.05, 0.1) is 22.6 Å². The highest BCUT2D eigenvalue weighted by Gasteiger charge is 2.33. The number of nitrogens with zero attached hydrogens (tertiary/aromatic N) is 3. The summed E-state index contributed by atoms with van der Waals surface area (Å²) in [5.74, 6) is 0.0385. The third-order valence-corrected chi connectivity index (χ3v) is 5.66. The first-order valence-corrected chi connectivity index (χ1v) is 9.85. The van der Waals surface area contributed by atoms with Crippen molar-refractivity contribution in [3.05, 3.63) is 52.6 Å². The van der Waals surface area contributed by atoms with Gasteiger partial charge in [0, 0.05) is 17.7 Å². The maximum absolute atomic E-state index is 13.0. The van der Waals surface area contributed by atoms with Gasteiger partial charge in [-0.15, -0.1) is 0 Å². The highest BCUT2D eigenvalue weighted by atomic mass is 19.4. The first-order chi connectivity index (χ1) is 13.6. The quantitative estimate of drug-likeness (QED) is 0.642. The molecule has 7 heteroatoms. The Morgan fingerprint density at radius 2 is 1.86 bits per heavy atom. The Morgan fingerprint density at radius 1 is 1.10 bits per heavy atom. The molecule has 0 saturated carbocycles. The lowest BCUT2D eigenvalue weighted by atomic mass is 9.95. The number of hydrogen-bond acceptors (Lipinski definition) is 2. The average Bonchev–Trinajstić information content (AvgIpc) is 3.04. The molecule has 1 aromatic carbocycles. The van der Waals surface area contributed by atoms with E-state index in [1.807, 2.05) is 36.3 Å². The minimum absolute atomic E-state index is 0.0385. The first kappa shape index (κ1) is 19.7. The summed E-state index contributed by atoms with van der Waals surface area (Å²) in [5.41, 5.74) is 2.93. The van der Waals surface area contributed by atoms with Crippen LogP contribution in [0, 0.1) is 0 Å². The highest BCUT2D eigenvalue weighted by molar-refractivity contribution is 5.98. The molecular formula is C22H24F3N3O. The molecule has 0 N–H and O–H groups in total. The van der Waals surface area contributed by atoms with E-state index in [2.05, 4.69) is 4.98 Å². The van der Waals surface area contributed by atoms with Gasteiger partial charge in [0.1, 0.15) is 6.33 Å². The molecule has 0 unspecified atom stereocenters. The highest BCUT2D eigenvalue weighted by Crippen LogP contribution is 2.35. The molecule has 0 aliphatic carbocycles. The fourth-order valence-electron chi connectivity index (χ4n) is 4.16. The topological polar surface area (TPSA) is 38.1 Å². The molecule has 3 heterocycles. The third kappa shape index (κ3) is 3.58. The number of halogens is 3. The van der Waals surface area contributed by atoms with Crippen molar-refractivity contribution >= 4 is 12.0 Å². The molecule has 1 saturated heterocycles. The fourth-order valence-corrected chi connectivity index (χ4v) is 4.16. The Kier molecular flexibility index (Phi) is 4.59. The summed E-state index contributed by atoms with van der Waals surface area (Å²) in [6, 6.07) is 3.84. The normalized spacial score (nSPS) is 18.8. The summed E-state index contributed by atoms with van der Waals surface area (Å²) in [5, 5.41) is 0.